The first-order chi connectivity index (χ1) is 49.8. The molecule has 0 N–H and O–H groups in total. The van der Waals surface area contributed by atoms with Crippen molar-refractivity contribution in [3.8, 4) is 11.4 Å². The van der Waals surface area contributed by atoms with Crippen LogP contribution < -0.4 is 57.3 Å². The fourth-order valence-electron chi connectivity index (χ4n) is 19.1. The first-order valence-electron chi connectivity index (χ1n) is 34.9. The smallest absolute Gasteiger partial charge is 0.257 e. The van der Waals surface area contributed by atoms with Crippen molar-refractivity contribution in [2.75, 3.05) is 24.5 Å². The van der Waals surface area contributed by atoms with Crippen LogP contribution in [0, 0.1) is 0 Å². The number of rotatable bonds is 8. The fraction of sp³-hybridized carbons (Fsp3) is 0.0110. The van der Waals surface area contributed by atoms with Crippen molar-refractivity contribution >= 4 is 175 Å². The van der Waals surface area contributed by atoms with E-state index < -0.39 is 0 Å². The lowest BCUT2D eigenvalue weighted by Gasteiger charge is -2.55. The molecule has 0 spiro atoms. The van der Waals surface area contributed by atoms with E-state index in [1.807, 2.05) is 0 Å². The third-order valence-electron chi connectivity index (χ3n) is 22.5. The van der Waals surface area contributed by atoms with Crippen LogP contribution in [0.3, 0.4) is 0 Å². The lowest BCUT2D eigenvalue weighted by molar-refractivity contribution is 0.993. The Kier molecular flexibility index (Phi) is 11.0. The number of fused-ring (bicyclic) bond motifs is 10. The first kappa shape index (κ1) is 54.2. The van der Waals surface area contributed by atoms with Crippen molar-refractivity contribution < 1.29 is 0 Å². The third-order valence-corrected chi connectivity index (χ3v) is 22.5. The highest BCUT2D eigenvalue weighted by molar-refractivity contribution is 7.05. The minimum atomic E-state index is -0.289. The van der Waals surface area contributed by atoms with Gasteiger partial charge in [0.1, 0.15) is 0 Å². The number of hydrogen-bond donors (Lipinski definition) is 0. The molecule has 9 heteroatoms. The molecule has 462 valence electrons. The van der Waals surface area contributed by atoms with E-state index in [1.165, 1.54) is 122 Å². The summed E-state index contributed by atoms with van der Waals surface area (Å²) in [4.78, 5) is 13.5. The predicted molar refractivity (Wildman–Crippen MR) is 419 cm³/mol. The molecule has 100 heavy (non-hydrogen) atoms. The highest BCUT2D eigenvalue weighted by Crippen LogP contribution is 2.62. The van der Waals surface area contributed by atoms with Crippen molar-refractivity contribution in [2.24, 2.45) is 0 Å². The van der Waals surface area contributed by atoms with Gasteiger partial charge >= 0.3 is 0 Å². The van der Waals surface area contributed by atoms with Crippen LogP contribution in [-0.4, -0.2) is 22.6 Å². The van der Waals surface area contributed by atoms with Gasteiger partial charge in [-0.25, -0.2) is 0 Å². The van der Waals surface area contributed by atoms with Crippen LogP contribution in [0.25, 0.3) is 55.0 Å². The number of para-hydroxylation sites is 9. The summed E-state index contributed by atoms with van der Waals surface area (Å²) in [7, 11) is 0. The maximum atomic E-state index is 2.74. The van der Waals surface area contributed by atoms with Crippen molar-refractivity contribution in [2.45, 2.75) is 5.92 Å². The van der Waals surface area contributed by atoms with Crippen LogP contribution in [0.2, 0.25) is 0 Å². The third kappa shape index (κ3) is 6.99. The van der Waals surface area contributed by atoms with Crippen LogP contribution in [0.4, 0.5) is 85.3 Å². The Morgan fingerprint density at radius 2 is 0.550 bits per heavy atom. The normalized spacial score (nSPS) is 14.6. The molecular formula is C91H57B2N7. The molecule has 0 fully saturated rings. The summed E-state index contributed by atoms with van der Waals surface area (Å²) in [5, 5.41) is 4.95. The second-order valence-electron chi connectivity index (χ2n) is 27.3. The zero-order valence-corrected chi connectivity index (χ0v) is 54.2. The van der Waals surface area contributed by atoms with Crippen molar-refractivity contribution in [3.63, 3.8) is 0 Å². The first-order valence-corrected chi connectivity index (χ1v) is 34.9. The molecule has 1 unspecified atom stereocenters. The van der Waals surface area contributed by atoms with Crippen molar-refractivity contribution in [3.05, 3.63) is 356 Å². The summed E-state index contributed by atoms with van der Waals surface area (Å²) in [5.74, 6) is -0.153. The second-order valence-corrected chi connectivity index (χ2v) is 27.3. The Bertz CT molecular complexity index is 5920. The number of benzene rings is 15. The second kappa shape index (κ2) is 20.3. The maximum absolute atomic E-state index is 2.74. The lowest BCUT2D eigenvalue weighted by atomic mass is 9.27. The molecule has 2 aromatic heterocycles. The van der Waals surface area contributed by atoms with Gasteiger partial charge in [-0.1, -0.05) is 212 Å². The van der Waals surface area contributed by atoms with E-state index in [2.05, 4.69) is 373 Å². The van der Waals surface area contributed by atoms with E-state index in [0.29, 0.717) is 0 Å². The van der Waals surface area contributed by atoms with Crippen molar-refractivity contribution in [1.29, 1.82) is 0 Å². The average molecular weight is 1270 g/mol. The minimum Gasteiger partial charge on any atom is -0.311 e. The Morgan fingerprint density at radius 1 is 0.220 bits per heavy atom. The van der Waals surface area contributed by atoms with Crippen LogP contribution in [-0.2, 0) is 0 Å². The predicted octanol–water partition coefficient (Wildman–Crippen LogP) is 19.3. The quantitative estimate of drug-likeness (QED) is 0.141. The largest absolute Gasteiger partial charge is 0.311 e. The van der Waals surface area contributed by atoms with E-state index in [1.54, 1.807) is 0 Å². The highest BCUT2D eigenvalue weighted by Gasteiger charge is 2.59. The number of nitrogens with zero attached hydrogens (tertiary/aromatic N) is 7. The molecule has 7 nitrogen and oxygen atoms in total. The van der Waals surface area contributed by atoms with Crippen LogP contribution in [0.5, 0.6) is 0 Å². The van der Waals surface area contributed by atoms with E-state index in [0.717, 1.165) is 67.9 Å². The molecule has 6 aliphatic rings. The van der Waals surface area contributed by atoms with Gasteiger partial charge in [0.2, 0.25) is 0 Å². The van der Waals surface area contributed by atoms with E-state index in [9.17, 15) is 0 Å². The van der Waals surface area contributed by atoms with Gasteiger partial charge < -0.3 is 33.6 Å². The molecule has 15 aromatic carbocycles. The molecule has 1 atom stereocenters. The summed E-state index contributed by atoms with van der Waals surface area (Å²) in [5.41, 5.74) is 35.8. The highest BCUT2D eigenvalue weighted by atomic mass is 15.3. The molecule has 0 radical (unpaired) electrons. The molecule has 23 rings (SSSR count). The van der Waals surface area contributed by atoms with Gasteiger partial charge in [0, 0.05) is 95.7 Å². The van der Waals surface area contributed by atoms with Crippen molar-refractivity contribution in [1.82, 2.24) is 9.13 Å². The molecular weight excluding hydrogens is 1210 g/mol. The molecule has 0 amide bonds. The maximum Gasteiger partial charge on any atom is 0.257 e. The Morgan fingerprint density at radius 3 is 1.00 bits per heavy atom. The van der Waals surface area contributed by atoms with Gasteiger partial charge in [-0.05, 0) is 177 Å². The van der Waals surface area contributed by atoms with Crippen LogP contribution in [0.1, 0.15) is 22.6 Å². The van der Waals surface area contributed by atoms with Gasteiger partial charge in [0.15, 0.2) is 0 Å². The zero-order chi connectivity index (χ0) is 65.0. The molecule has 8 heterocycles. The summed E-state index contributed by atoms with van der Waals surface area (Å²) >= 11 is 0. The Hall–Kier alpha value is -13.0. The number of anilines is 15. The van der Waals surface area contributed by atoms with Crippen LogP contribution in [0.15, 0.2) is 340 Å². The minimum absolute atomic E-state index is 0.153. The monoisotopic (exact) mass is 1270 g/mol. The molecule has 0 aliphatic carbocycles. The average Bonchev–Trinajstić information content (AvgIpc) is 0.841. The summed E-state index contributed by atoms with van der Waals surface area (Å²) in [6.07, 6.45) is 0. The zero-order valence-electron chi connectivity index (χ0n) is 54.2. The van der Waals surface area contributed by atoms with Gasteiger partial charge in [-0.2, -0.15) is 0 Å². The lowest BCUT2D eigenvalue weighted by Crippen LogP contribution is -2.69. The molecule has 0 saturated heterocycles. The Labute approximate surface area is 578 Å². The number of aromatic nitrogens is 2. The van der Waals surface area contributed by atoms with Crippen LogP contribution >= 0.6 is 0 Å². The summed E-state index contributed by atoms with van der Waals surface area (Å²) < 4.78 is 5.08. The standard InChI is InChI=1S/C91H57B2N7/c1-9-31-57(32-10-1)77-67-49-29-52-70-81(67)92-83-75(55-73-78(80(77)83)65-47-25-27-50-68(65)94(73)58-33-11-2-12-34-58)99(63-43-21-7-22-44-63)90-85(92)88(97(70)61-39-17-5-18-40-61)91-86-89(90)98(62-41-19-6-20-42-62)72-54-30-53-71-82(72)93(86)84-76(100(91)64-45-23-8-24-46-64)56-74-79(87(84)96(71)60-37-15-4-16-38-60)66-48-26-28-51-69(66)95(74)59-35-13-3-14-36-59/h1-56,77H. The fourth-order valence-corrected chi connectivity index (χ4v) is 19.1. The van der Waals surface area contributed by atoms with E-state index in [-0.39, 0.29) is 19.3 Å². The van der Waals surface area contributed by atoms with Gasteiger partial charge in [0.05, 0.1) is 50.5 Å². The SMILES string of the molecule is c1ccc(C2c3cccc4c3B3c5c(c6c7c(c5N(c5ccccc5)c5cc8c(c2c53)c2ccccc2n8-c2ccccc2)N(c2ccccc2)c2cccc3c2B7c2c(cc5c(c2N3c2ccccc2)c2ccccc2n5-c2ccccc2)N6c2ccccc2)N4c2ccccc2)cc1. The van der Waals surface area contributed by atoms with Gasteiger partial charge in [-0.3, -0.25) is 0 Å². The van der Waals surface area contributed by atoms with Gasteiger partial charge in [0.25, 0.3) is 13.4 Å². The molecule has 0 saturated carbocycles. The topological polar surface area (TPSA) is 26.1 Å². The Balaban J connectivity index is 0.985. The molecule has 0 bridgehead atoms. The molecule has 6 aliphatic heterocycles. The number of hydrogen-bond acceptors (Lipinski definition) is 5. The summed E-state index contributed by atoms with van der Waals surface area (Å²) in [6, 6.07) is 128. The molecule has 17 aromatic rings. The summed E-state index contributed by atoms with van der Waals surface area (Å²) in [6.45, 7) is -0.545. The van der Waals surface area contributed by atoms with E-state index in [4.69, 9.17) is 0 Å². The van der Waals surface area contributed by atoms with Gasteiger partial charge in [-0.15, -0.1) is 0 Å². The van der Waals surface area contributed by atoms with E-state index >= 15 is 0 Å².